The van der Waals surface area contributed by atoms with Gasteiger partial charge in [-0.1, -0.05) is 18.2 Å². The third-order valence-electron chi connectivity index (χ3n) is 2.34. The van der Waals surface area contributed by atoms with Crippen LogP contribution in [0.25, 0.3) is 0 Å². The maximum Gasteiger partial charge on any atom is 0.277 e. The van der Waals surface area contributed by atoms with Gasteiger partial charge in [-0.25, -0.2) is 5.06 Å². The Kier molecular flexibility index (Phi) is 2.50. The topological polar surface area (TPSA) is 29.5 Å². The average molecular weight is 191 g/mol. The fourth-order valence-corrected chi connectivity index (χ4v) is 1.68. The first-order valence-corrected chi connectivity index (χ1v) is 4.85. The Morgan fingerprint density at radius 1 is 1.43 bits per heavy atom. The van der Waals surface area contributed by atoms with E-state index in [0.29, 0.717) is 13.2 Å². The summed E-state index contributed by atoms with van der Waals surface area (Å²) < 4.78 is 0. The minimum absolute atomic E-state index is 0.0197. The first-order valence-electron chi connectivity index (χ1n) is 4.85. The van der Waals surface area contributed by atoms with E-state index >= 15 is 0 Å². The Morgan fingerprint density at radius 3 is 3.00 bits per heavy atom. The third-order valence-corrected chi connectivity index (χ3v) is 2.34. The second kappa shape index (κ2) is 3.80. The lowest BCUT2D eigenvalue weighted by molar-refractivity contribution is -0.120. The molecule has 1 aromatic carbocycles. The number of benzene rings is 1. The van der Waals surface area contributed by atoms with Gasteiger partial charge in [0.1, 0.15) is 0 Å². The fraction of sp³-hybridized carbons (Fsp3) is 0.364. The van der Waals surface area contributed by atoms with Crippen molar-refractivity contribution < 1.29 is 9.63 Å². The Morgan fingerprint density at radius 2 is 2.21 bits per heavy atom. The van der Waals surface area contributed by atoms with Gasteiger partial charge in [-0.05, 0) is 25.0 Å². The van der Waals surface area contributed by atoms with Crippen molar-refractivity contribution in [2.75, 3.05) is 13.2 Å². The van der Waals surface area contributed by atoms with Gasteiger partial charge in [-0.2, -0.15) is 0 Å². The number of amides is 1. The Hall–Kier alpha value is -1.35. The van der Waals surface area contributed by atoms with E-state index in [9.17, 15) is 4.79 Å². The predicted octanol–water partition coefficient (Wildman–Crippen LogP) is 1.64. The molecule has 0 aliphatic carbocycles. The summed E-state index contributed by atoms with van der Waals surface area (Å²) in [4.78, 5) is 17.0. The number of fused-ring (bicyclic) bond motifs is 1. The normalized spacial score (nSPS) is 15.5. The highest BCUT2D eigenvalue weighted by molar-refractivity contribution is 5.96. The molecule has 0 saturated heterocycles. The number of rotatable bonds is 2. The summed E-state index contributed by atoms with van der Waals surface area (Å²) in [6, 6.07) is 7.69. The van der Waals surface area contributed by atoms with E-state index in [1.165, 1.54) is 5.06 Å². The molecule has 1 aliphatic rings. The molecule has 1 aromatic rings. The van der Waals surface area contributed by atoms with Crippen molar-refractivity contribution in [1.82, 2.24) is 5.06 Å². The molecule has 0 saturated carbocycles. The molecule has 74 valence electrons. The van der Waals surface area contributed by atoms with Crippen molar-refractivity contribution in [2.45, 2.75) is 13.3 Å². The lowest BCUT2D eigenvalue weighted by Gasteiger charge is -2.26. The van der Waals surface area contributed by atoms with E-state index < -0.39 is 0 Å². The van der Waals surface area contributed by atoms with Crippen LogP contribution in [0.2, 0.25) is 0 Å². The number of carbonyl (C=O) groups excluding carboxylic acids is 1. The van der Waals surface area contributed by atoms with Crippen LogP contribution in [-0.2, 0) is 11.3 Å². The molecule has 0 bridgehead atoms. The van der Waals surface area contributed by atoms with E-state index in [-0.39, 0.29) is 5.91 Å². The molecule has 0 aromatic heterocycles. The van der Waals surface area contributed by atoms with Crippen LogP contribution in [0.4, 0.5) is 0 Å². The van der Waals surface area contributed by atoms with Gasteiger partial charge in [-0.15, -0.1) is 0 Å². The lowest BCUT2D eigenvalue weighted by atomic mass is 10.0. The van der Waals surface area contributed by atoms with Crippen LogP contribution in [0.1, 0.15) is 22.8 Å². The molecule has 1 aliphatic heterocycles. The number of carbonyl (C=O) groups is 1. The summed E-state index contributed by atoms with van der Waals surface area (Å²) in [5, 5.41) is 1.45. The van der Waals surface area contributed by atoms with E-state index in [1.54, 1.807) is 0 Å². The molecule has 0 N–H and O–H groups in total. The fourth-order valence-electron chi connectivity index (χ4n) is 1.68. The highest BCUT2D eigenvalue weighted by Gasteiger charge is 2.23. The Balaban J connectivity index is 2.27. The minimum Gasteiger partial charge on any atom is -0.271 e. The van der Waals surface area contributed by atoms with Crippen molar-refractivity contribution >= 4 is 5.91 Å². The highest BCUT2D eigenvalue weighted by Crippen LogP contribution is 2.18. The molecule has 14 heavy (non-hydrogen) atoms. The summed E-state index contributed by atoms with van der Waals surface area (Å²) in [6.07, 6.45) is 0.877. The summed E-state index contributed by atoms with van der Waals surface area (Å²) in [6.45, 7) is 3.07. The van der Waals surface area contributed by atoms with Gasteiger partial charge in [0, 0.05) is 5.56 Å². The summed E-state index contributed by atoms with van der Waals surface area (Å²) >= 11 is 0. The minimum atomic E-state index is -0.0197. The van der Waals surface area contributed by atoms with Gasteiger partial charge in [-0.3, -0.25) is 9.63 Å². The molecule has 0 fully saturated rings. The van der Waals surface area contributed by atoms with Crippen LogP contribution < -0.4 is 0 Å². The van der Waals surface area contributed by atoms with E-state index in [1.807, 2.05) is 31.2 Å². The molecule has 2 rings (SSSR count). The molecule has 0 atom stereocenters. The standard InChI is InChI=1S/C11H13NO2/c1-2-14-12-8-7-9-5-3-4-6-10(9)11(12)13/h3-6H,2,7-8H2,1H3. The number of hydrogen-bond donors (Lipinski definition) is 0. The molecule has 1 heterocycles. The lowest BCUT2D eigenvalue weighted by Crippen LogP contribution is -2.37. The predicted molar refractivity (Wildman–Crippen MR) is 52.8 cm³/mol. The SMILES string of the molecule is CCON1CCc2ccccc2C1=O. The van der Waals surface area contributed by atoms with Gasteiger partial charge in [0.25, 0.3) is 5.91 Å². The van der Waals surface area contributed by atoms with Gasteiger partial charge in [0.2, 0.25) is 0 Å². The van der Waals surface area contributed by atoms with Crippen LogP contribution >= 0.6 is 0 Å². The van der Waals surface area contributed by atoms with Gasteiger partial charge >= 0.3 is 0 Å². The molecule has 0 unspecified atom stereocenters. The summed E-state index contributed by atoms with van der Waals surface area (Å²) in [5.74, 6) is -0.0197. The molecule has 3 nitrogen and oxygen atoms in total. The highest BCUT2D eigenvalue weighted by atomic mass is 16.7. The van der Waals surface area contributed by atoms with Crippen LogP contribution in [0.15, 0.2) is 24.3 Å². The second-order valence-corrected chi connectivity index (χ2v) is 3.23. The van der Waals surface area contributed by atoms with Crippen molar-refractivity contribution in [2.24, 2.45) is 0 Å². The largest absolute Gasteiger partial charge is 0.277 e. The van der Waals surface area contributed by atoms with E-state index in [0.717, 1.165) is 17.5 Å². The first kappa shape index (κ1) is 9.21. The van der Waals surface area contributed by atoms with Crippen molar-refractivity contribution in [3.05, 3.63) is 35.4 Å². The van der Waals surface area contributed by atoms with Crippen LogP contribution in [-0.4, -0.2) is 24.1 Å². The van der Waals surface area contributed by atoms with Crippen molar-refractivity contribution in [3.63, 3.8) is 0 Å². The van der Waals surface area contributed by atoms with E-state index in [4.69, 9.17) is 4.84 Å². The van der Waals surface area contributed by atoms with Crippen molar-refractivity contribution in [1.29, 1.82) is 0 Å². The number of nitrogens with zero attached hydrogens (tertiary/aromatic N) is 1. The molecule has 0 spiro atoms. The third kappa shape index (κ3) is 1.51. The second-order valence-electron chi connectivity index (χ2n) is 3.23. The maximum absolute atomic E-state index is 11.8. The Labute approximate surface area is 83.2 Å². The van der Waals surface area contributed by atoms with Crippen LogP contribution in [0.3, 0.4) is 0 Å². The van der Waals surface area contributed by atoms with Gasteiger partial charge < -0.3 is 0 Å². The van der Waals surface area contributed by atoms with Gasteiger partial charge in [0.15, 0.2) is 0 Å². The molecular formula is C11H13NO2. The average Bonchev–Trinajstić information content (AvgIpc) is 2.23. The smallest absolute Gasteiger partial charge is 0.271 e. The molecule has 3 heteroatoms. The zero-order chi connectivity index (χ0) is 9.97. The molecule has 1 amide bonds. The molecular weight excluding hydrogens is 178 g/mol. The summed E-state index contributed by atoms with van der Waals surface area (Å²) in [7, 11) is 0. The van der Waals surface area contributed by atoms with E-state index in [2.05, 4.69) is 0 Å². The summed E-state index contributed by atoms with van der Waals surface area (Å²) in [5.41, 5.74) is 1.89. The Bertz CT molecular complexity index is 349. The zero-order valence-electron chi connectivity index (χ0n) is 8.19. The van der Waals surface area contributed by atoms with Gasteiger partial charge in [0.05, 0.1) is 13.2 Å². The zero-order valence-corrected chi connectivity index (χ0v) is 8.19. The monoisotopic (exact) mass is 191 g/mol. The quantitative estimate of drug-likeness (QED) is 0.711. The maximum atomic E-state index is 11.8. The number of hydrogen-bond acceptors (Lipinski definition) is 2. The number of hydroxylamine groups is 2. The molecule has 0 radical (unpaired) electrons. The first-order chi connectivity index (χ1) is 6.83. The van der Waals surface area contributed by atoms with Crippen LogP contribution in [0.5, 0.6) is 0 Å². The van der Waals surface area contributed by atoms with Crippen molar-refractivity contribution in [3.8, 4) is 0 Å². The van der Waals surface area contributed by atoms with Crippen LogP contribution in [0, 0.1) is 0 Å².